The molecule has 5 nitrogen and oxygen atoms in total. The maximum absolute atomic E-state index is 14.0. The first-order chi connectivity index (χ1) is 17.6. The van der Waals surface area contributed by atoms with Crippen molar-refractivity contribution in [1.29, 1.82) is 0 Å². The Kier molecular flexibility index (Phi) is 6.25. The second-order valence-electron chi connectivity index (χ2n) is 8.93. The lowest BCUT2D eigenvalue weighted by atomic mass is 9.83. The fraction of sp³-hybridized carbons (Fsp3) is 0.179. The van der Waals surface area contributed by atoms with Gasteiger partial charge < -0.3 is 9.67 Å². The van der Waals surface area contributed by atoms with Gasteiger partial charge in [-0.05, 0) is 36.2 Å². The summed E-state index contributed by atoms with van der Waals surface area (Å²) >= 11 is 6.70. The van der Waals surface area contributed by atoms with Crippen LogP contribution in [0.3, 0.4) is 0 Å². The van der Waals surface area contributed by atoms with Crippen LogP contribution in [0.25, 0.3) is 10.9 Å². The highest BCUT2D eigenvalue weighted by Gasteiger charge is 2.39. The number of aromatic nitrogens is 4. The van der Waals surface area contributed by atoms with E-state index in [0.29, 0.717) is 27.8 Å². The highest BCUT2D eigenvalue weighted by Crippen LogP contribution is 2.42. The minimum absolute atomic E-state index is 0.0461. The fourth-order valence-corrected chi connectivity index (χ4v) is 4.84. The van der Waals surface area contributed by atoms with E-state index >= 15 is 0 Å². The lowest BCUT2D eigenvalue weighted by Gasteiger charge is -2.30. The molecule has 1 unspecified atom stereocenters. The number of hydrogen-bond donors (Lipinski definition) is 1. The number of halogens is 4. The van der Waals surface area contributed by atoms with E-state index in [1.54, 1.807) is 78.7 Å². The molecule has 1 N–H and O–H groups in total. The molecule has 1 atom stereocenters. The van der Waals surface area contributed by atoms with Gasteiger partial charge in [0.25, 0.3) is 0 Å². The molecule has 3 aromatic heterocycles. The molecule has 0 spiro atoms. The maximum Gasteiger partial charge on any atom is 0.433 e. The number of imidazole rings is 1. The van der Waals surface area contributed by atoms with Gasteiger partial charge in [-0.3, -0.25) is 4.98 Å². The van der Waals surface area contributed by atoms with Crippen LogP contribution < -0.4 is 0 Å². The molecule has 0 aliphatic carbocycles. The Morgan fingerprint density at radius 2 is 1.70 bits per heavy atom. The average molecular weight is 523 g/mol. The number of aliphatic hydroxyl groups is 1. The lowest BCUT2D eigenvalue weighted by molar-refractivity contribution is -0.141. The van der Waals surface area contributed by atoms with Gasteiger partial charge in [0.2, 0.25) is 0 Å². The molecule has 0 aliphatic heterocycles. The van der Waals surface area contributed by atoms with Crippen molar-refractivity contribution >= 4 is 22.5 Å². The van der Waals surface area contributed by atoms with Gasteiger partial charge in [0, 0.05) is 41.9 Å². The highest BCUT2D eigenvalue weighted by molar-refractivity contribution is 6.36. The molecule has 0 bridgehead atoms. The minimum Gasteiger partial charge on any atom is -0.374 e. The number of aryl methyl sites for hydroxylation is 2. The van der Waals surface area contributed by atoms with E-state index in [4.69, 9.17) is 11.6 Å². The molecule has 0 amide bonds. The van der Waals surface area contributed by atoms with Crippen molar-refractivity contribution in [2.24, 2.45) is 7.05 Å². The van der Waals surface area contributed by atoms with Crippen LogP contribution in [-0.4, -0.2) is 24.6 Å². The lowest BCUT2D eigenvalue weighted by Crippen LogP contribution is -2.31. The summed E-state index contributed by atoms with van der Waals surface area (Å²) in [5, 5.41) is 12.4. The van der Waals surface area contributed by atoms with Crippen LogP contribution in [0.4, 0.5) is 13.2 Å². The van der Waals surface area contributed by atoms with Gasteiger partial charge in [-0.15, -0.1) is 0 Å². The number of nitrogens with zero attached hydrogens (tertiary/aromatic N) is 4. The Balaban J connectivity index is 1.76. The number of pyridine rings is 2. The molecule has 5 rings (SSSR count). The molecule has 0 saturated carbocycles. The third-order valence-electron chi connectivity index (χ3n) is 6.44. The zero-order valence-electron chi connectivity index (χ0n) is 20.0. The molecule has 9 heteroatoms. The molecular weight excluding hydrogens is 501 g/mol. The standard InChI is InChI=1S/C28H22ClF3N4O/c1-17-8-9-20(14-34-17)27(37,24-15-33-16-36(24)2)19-10-11-23-21(13-19)25(29)22(26(35-23)28(30,31)32)12-18-6-4-3-5-7-18/h3-11,13-16,37H,12H2,1-2H3. The summed E-state index contributed by atoms with van der Waals surface area (Å²) in [6.45, 7) is 1.83. The van der Waals surface area contributed by atoms with Crippen LogP contribution in [0.2, 0.25) is 5.02 Å². The zero-order chi connectivity index (χ0) is 26.4. The SMILES string of the molecule is Cc1ccc(C(O)(c2ccc3nc(C(F)(F)F)c(Cc4ccccc4)c(Cl)c3c2)c2cncn2C)cn1. The van der Waals surface area contributed by atoms with Crippen LogP contribution in [0.15, 0.2) is 79.4 Å². The van der Waals surface area contributed by atoms with Crippen LogP contribution >= 0.6 is 11.6 Å². The van der Waals surface area contributed by atoms with Gasteiger partial charge in [-0.25, -0.2) is 9.97 Å². The number of rotatable bonds is 5. The molecule has 188 valence electrons. The monoisotopic (exact) mass is 522 g/mol. The van der Waals surface area contributed by atoms with Gasteiger partial charge in [0.1, 0.15) is 5.69 Å². The fourth-order valence-electron chi connectivity index (χ4n) is 4.53. The van der Waals surface area contributed by atoms with E-state index in [2.05, 4.69) is 15.0 Å². The Morgan fingerprint density at radius 3 is 2.32 bits per heavy atom. The molecule has 2 aromatic carbocycles. The Hall–Kier alpha value is -3.75. The number of alkyl halides is 3. The number of hydrogen-bond acceptors (Lipinski definition) is 4. The van der Waals surface area contributed by atoms with E-state index in [9.17, 15) is 18.3 Å². The van der Waals surface area contributed by atoms with Crippen molar-refractivity contribution in [3.05, 3.63) is 124 Å². The summed E-state index contributed by atoms with van der Waals surface area (Å²) in [5.74, 6) is 0. The molecule has 37 heavy (non-hydrogen) atoms. The molecule has 3 heterocycles. The Labute approximate surface area is 216 Å². The molecule has 5 aromatic rings. The van der Waals surface area contributed by atoms with Gasteiger partial charge >= 0.3 is 6.18 Å². The van der Waals surface area contributed by atoms with E-state index in [1.165, 1.54) is 12.3 Å². The largest absolute Gasteiger partial charge is 0.433 e. The predicted octanol–water partition coefficient (Wildman–Crippen LogP) is 6.22. The third-order valence-corrected chi connectivity index (χ3v) is 6.87. The Morgan fingerprint density at radius 1 is 0.973 bits per heavy atom. The first-order valence-electron chi connectivity index (χ1n) is 11.4. The van der Waals surface area contributed by atoms with E-state index in [1.807, 2.05) is 6.92 Å². The van der Waals surface area contributed by atoms with E-state index in [0.717, 1.165) is 5.69 Å². The van der Waals surface area contributed by atoms with Crippen molar-refractivity contribution in [2.45, 2.75) is 25.1 Å². The van der Waals surface area contributed by atoms with Crippen molar-refractivity contribution in [2.75, 3.05) is 0 Å². The van der Waals surface area contributed by atoms with Crippen molar-refractivity contribution < 1.29 is 18.3 Å². The van der Waals surface area contributed by atoms with Gasteiger partial charge in [0.15, 0.2) is 5.60 Å². The van der Waals surface area contributed by atoms with Crippen LogP contribution in [0, 0.1) is 6.92 Å². The van der Waals surface area contributed by atoms with Crippen molar-refractivity contribution in [1.82, 2.24) is 19.5 Å². The van der Waals surface area contributed by atoms with Gasteiger partial charge in [-0.1, -0.05) is 54.1 Å². The average Bonchev–Trinajstić information content (AvgIpc) is 3.31. The summed E-state index contributed by atoms with van der Waals surface area (Å²) in [5.41, 5.74) is -0.00452. The number of benzene rings is 2. The van der Waals surface area contributed by atoms with Crippen molar-refractivity contribution in [3.63, 3.8) is 0 Å². The first kappa shape index (κ1) is 24.9. The molecule has 0 aliphatic rings. The number of fused-ring (bicyclic) bond motifs is 1. The van der Waals surface area contributed by atoms with Gasteiger partial charge in [-0.2, -0.15) is 13.2 Å². The first-order valence-corrected chi connectivity index (χ1v) is 11.8. The van der Waals surface area contributed by atoms with E-state index < -0.39 is 17.5 Å². The second kappa shape index (κ2) is 9.28. The predicted molar refractivity (Wildman–Crippen MR) is 135 cm³/mol. The summed E-state index contributed by atoms with van der Waals surface area (Å²) < 4.78 is 43.8. The molecular formula is C28H22ClF3N4O. The van der Waals surface area contributed by atoms with Crippen molar-refractivity contribution in [3.8, 4) is 0 Å². The summed E-state index contributed by atoms with van der Waals surface area (Å²) in [6, 6.07) is 16.9. The summed E-state index contributed by atoms with van der Waals surface area (Å²) in [7, 11) is 1.75. The smallest absolute Gasteiger partial charge is 0.374 e. The quantitative estimate of drug-likeness (QED) is 0.298. The van der Waals surface area contributed by atoms with Gasteiger partial charge in [0.05, 0.1) is 28.8 Å². The zero-order valence-corrected chi connectivity index (χ0v) is 20.7. The second-order valence-corrected chi connectivity index (χ2v) is 9.31. The highest BCUT2D eigenvalue weighted by atomic mass is 35.5. The minimum atomic E-state index is -4.69. The Bertz CT molecular complexity index is 1580. The molecule has 0 radical (unpaired) electrons. The van der Waals surface area contributed by atoms with Crippen LogP contribution in [0.1, 0.15) is 39.3 Å². The molecule has 0 fully saturated rings. The normalized spacial score (nSPS) is 13.6. The van der Waals surface area contributed by atoms with E-state index in [-0.39, 0.29) is 22.5 Å². The third kappa shape index (κ3) is 4.47. The van der Waals surface area contributed by atoms with Crippen LogP contribution in [-0.2, 0) is 25.2 Å². The topological polar surface area (TPSA) is 63.8 Å². The molecule has 0 saturated heterocycles. The maximum atomic E-state index is 14.0. The van der Waals surface area contributed by atoms with Crippen LogP contribution in [0.5, 0.6) is 0 Å². The summed E-state index contributed by atoms with van der Waals surface area (Å²) in [4.78, 5) is 12.5. The summed E-state index contributed by atoms with van der Waals surface area (Å²) in [6.07, 6.45) is -0.0677.